The lowest BCUT2D eigenvalue weighted by molar-refractivity contribution is -0.141. The first-order valence-electron chi connectivity index (χ1n) is 5.85. The van der Waals surface area contributed by atoms with Crippen molar-refractivity contribution in [3.05, 3.63) is 34.9 Å². The Hall–Kier alpha value is -1.86. The number of carboxylic acid groups (broad SMARTS) is 1. The molecule has 0 aliphatic heterocycles. The molecular formula is C14H18N2O2. The van der Waals surface area contributed by atoms with Crippen molar-refractivity contribution in [1.29, 1.82) is 5.26 Å². The third-order valence-corrected chi connectivity index (χ3v) is 2.92. The van der Waals surface area contributed by atoms with Crippen molar-refractivity contribution < 1.29 is 9.90 Å². The van der Waals surface area contributed by atoms with E-state index in [2.05, 4.69) is 6.07 Å². The minimum atomic E-state index is -0.779. The lowest BCUT2D eigenvalue weighted by atomic mass is 10.0. The summed E-state index contributed by atoms with van der Waals surface area (Å²) < 4.78 is 0. The van der Waals surface area contributed by atoms with E-state index in [0.29, 0.717) is 18.7 Å². The number of nitriles is 1. The molecule has 1 rings (SSSR count). The Bertz CT molecular complexity index is 477. The Morgan fingerprint density at radius 1 is 1.56 bits per heavy atom. The molecule has 0 saturated carbocycles. The average Bonchev–Trinajstić information content (AvgIpc) is 2.31. The van der Waals surface area contributed by atoms with E-state index in [9.17, 15) is 4.79 Å². The largest absolute Gasteiger partial charge is 0.481 e. The molecule has 0 aliphatic rings. The smallest absolute Gasteiger partial charge is 0.307 e. The molecule has 96 valence electrons. The summed E-state index contributed by atoms with van der Waals surface area (Å²) in [6, 6.07) is 7.67. The van der Waals surface area contributed by atoms with Crippen LogP contribution in [0.4, 0.5) is 0 Å². The maximum absolute atomic E-state index is 10.8. The van der Waals surface area contributed by atoms with E-state index in [1.807, 2.05) is 31.0 Å². The van der Waals surface area contributed by atoms with Crippen LogP contribution in [-0.4, -0.2) is 29.6 Å². The van der Waals surface area contributed by atoms with E-state index in [1.165, 1.54) is 0 Å². The van der Waals surface area contributed by atoms with Gasteiger partial charge in [-0.15, -0.1) is 0 Å². The SMILES string of the molecule is Cc1cc(C#N)ccc1CN(C)CC(C)C(=O)O. The van der Waals surface area contributed by atoms with Crippen LogP contribution in [0.5, 0.6) is 0 Å². The van der Waals surface area contributed by atoms with Crippen LogP contribution in [0.1, 0.15) is 23.6 Å². The number of carboxylic acids is 1. The normalized spacial score (nSPS) is 12.2. The van der Waals surface area contributed by atoms with Crippen LogP contribution >= 0.6 is 0 Å². The summed E-state index contributed by atoms with van der Waals surface area (Å²) >= 11 is 0. The van der Waals surface area contributed by atoms with Crippen LogP contribution < -0.4 is 0 Å². The lowest BCUT2D eigenvalue weighted by Gasteiger charge is -2.20. The highest BCUT2D eigenvalue weighted by Crippen LogP contribution is 2.13. The van der Waals surface area contributed by atoms with Crippen molar-refractivity contribution in [2.75, 3.05) is 13.6 Å². The number of aliphatic carboxylic acids is 1. The molecule has 0 spiro atoms. The fourth-order valence-corrected chi connectivity index (χ4v) is 1.84. The van der Waals surface area contributed by atoms with Gasteiger partial charge in [-0.3, -0.25) is 4.79 Å². The molecule has 1 N–H and O–H groups in total. The summed E-state index contributed by atoms with van der Waals surface area (Å²) in [7, 11) is 1.90. The molecule has 0 aliphatic carbocycles. The average molecular weight is 246 g/mol. The molecule has 0 saturated heterocycles. The van der Waals surface area contributed by atoms with Gasteiger partial charge in [0.15, 0.2) is 0 Å². The Kier molecular flexibility index (Phi) is 4.87. The van der Waals surface area contributed by atoms with Crippen molar-refractivity contribution in [1.82, 2.24) is 4.90 Å². The second kappa shape index (κ2) is 6.18. The molecule has 4 heteroatoms. The van der Waals surface area contributed by atoms with Crippen LogP contribution in [0.15, 0.2) is 18.2 Å². The zero-order valence-corrected chi connectivity index (χ0v) is 11.0. The van der Waals surface area contributed by atoms with Crippen LogP contribution in [0.2, 0.25) is 0 Å². The summed E-state index contributed by atoms with van der Waals surface area (Å²) in [5, 5.41) is 17.6. The molecule has 0 bridgehead atoms. The summed E-state index contributed by atoms with van der Waals surface area (Å²) in [4.78, 5) is 12.8. The Morgan fingerprint density at radius 2 is 2.22 bits per heavy atom. The predicted octanol–water partition coefficient (Wildman–Crippen LogP) is 2.02. The minimum absolute atomic E-state index is 0.381. The molecule has 0 amide bonds. The maximum Gasteiger partial charge on any atom is 0.307 e. The van der Waals surface area contributed by atoms with Crippen LogP contribution in [0.3, 0.4) is 0 Å². The lowest BCUT2D eigenvalue weighted by Crippen LogP contribution is -2.28. The van der Waals surface area contributed by atoms with Gasteiger partial charge >= 0.3 is 5.97 Å². The van der Waals surface area contributed by atoms with E-state index in [1.54, 1.807) is 13.0 Å². The van der Waals surface area contributed by atoms with Gasteiger partial charge in [-0.25, -0.2) is 0 Å². The number of hydrogen-bond acceptors (Lipinski definition) is 3. The van der Waals surface area contributed by atoms with E-state index in [-0.39, 0.29) is 5.92 Å². The summed E-state index contributed by atoms with van der Waals surface area (Å²) in [5.41, 5.74) is 2.83. The van der Waals surface area contributed by atoms with E-state index < -0.39 is 5.97 Å². The standard InChI is InChI=1S/C14H18N2O2/c1-10-6-12(7-15)4-5-13(10)9-16(3)8-11(2)14(17)18/h4-6,11H,8-9H2,1-3H3,(H,17,18). The molecule has 1 unspecified atom stereocenters. The van der Waals surface area contributed by atoms with Gasteiger partial charge in [-0.05, 0) is 37.2 Å². The highest BCUT2D eigenvalue weighted by molar-refractivity contribution is 5.69. The van der Waals surface area contributed by atoms with Gasteiger partial charge in [0.05, 0.1) is 17.6 Å². The summed E-state index contributed by atoms with van der Waals surface area (Å²) in [5.74, 6) is -1.16. The Labute approximate surface area is 107 Å². The minimum Gasteiger partial charge on any atom is -0.481 e. The van der Waals surface area contributed by atoms with E-state index >= 15 is 0 Å². The first-order chi connectivity index (χ1) is 8.43. The fraction of sp³-hybridized carbons (Fsp3) is 0.429. The van der Waals surface area contributed by atoms with Crippen LogP contribution in [0, 0.1) is 24.2 Å². The second-order valence-electron chi connectivity index (χ2n) is 4.69. The zero-order valence-electron chi connectivity index (χ0n) is 11.0. The summed E-state index contributed by atoms with van der Waals surface area (Å²) in [6.07, 6.45) is 0. The molecule has 1 atom stereocenters. The van der Waals surface area contributed by atoms with Crippen molar-refractivity contribution in [3.63, 3.8) is 0 Å². The molecule has 0 heterocycles. The topological polar surface area (TPSA) is 64.3 Å². The van der Waals surface area contributed by atoms with Crippen molar-refractivity contribution in [3.8, 4) is 6.07 Å². The van der Waals surface area contributed by atoms with Gasteiger partial charge in [0, 0.05) is 13.1 Å². The number of hydrogen-bond donors (Lipinski definition) is 1. The van der Waals surface area contributed by atoms with Gasteiger partial charge in [0.25, 0.3) is 0 Å². The molecule has 18 heavy (non-hydrogen) atoms. The van der Waals surface area contributed by atoms with E-state index in [0.717, 1.165) is 11.1 Å². The van der Waals surface area contributed by atoms with Gasteiger partial charge < -0.3 is 10.0 Å². The van der Waals surface area contributed by atoms with Gasteiger partial charge in [-0.1, -0.05) is 13.0 Å². The zero-order chi connectivity index (χ0) is 13.7. The number of aryl methyl sites for hydroxylation is 1. The van der Waals surface area contributed by atoms with Crippen molar-refractivity contribution in [2.45, 2.75) is 20.4 Å². The first kappa shape index (κ1) is 14.2. The Morgan fingerprint density at radius 3 is 2.72 bits per heavy atom. The van der Waals surface area contributed by atoms with Gasteiger partial charge in [-0.2, -0.15) is 5.26 Å². The number of benzene rings is 1. The second-order valence-corrected chi connectivity index (χ2v) is 4.69. The third-order valence-electron chi connectivity index (χ3n) is 2.92. The number of rotatable bonds is 5. The van der Waals surface area contributed by atoms with Gasteiger partial charge in [0.1, 0.15) is 0 Å². The molecular weight excluding hydrogens is 228 g/mol. The van der Waals surface area contributed by atoms with Gasteiger partial charge in [0.2, 0.25) is 0 Å². The highest BCUT2D eigenvalue weighted by atomic mass is 16.4. The first-order valence-corrected chi connectivity index (χ1v) is 5.85. The maximum atomic E-state index is 10.8. The van der Waals surface area contributed by atoms with Crippen LogP contribution in [0.25, 0.3) is 0 Å². The van der Waals surface area contributed by atoms with Crippen molar-refractivity contribution >= 4 is 5.97 Å². The van der Waals surface area contributed by atoms with E-state index in [4.69, 9.17) is 10.4 Å². The molecule has 0 fully saturated rings. The molecule has 0 aromatic heterocycles. The Balaban J connectivity index is 2.68. The highest BCUT2D eigenvalue weighted by Gasteiger charge is 2.14. The number of carbonyl (C=O) groups is 1. The van der Waals surface area contributed by atoms with Crippen molar-refractivity contribution in [2.24, 2.45) is 5.92 Å². The molecule has 4 nitrogen and oxygen atoms in total. The molecule has 1 aromatic carbocycles. The molecule has 0 radical (unpaired) electrons. The summed E-state index contributed by atoms with van der Waals surface area (Å²) in [6.45, 7) is 4.86. The quantitative estimate of drug-likeness (QED) is 0.863. The number of nitrogens with zero attached hydrogens (tertiary/aromatic N) is 2. The molecule has 1 aromatic rings. The fourth-order valence-electron chi connectivity index (χ4n) is 1.84. The van der Waals surface area contributed by atoms with Crippen LogP contribution in [-0.2, 0) is 11.3 Å². The predicted molar refractivity (Wildman–Crippen MR) is 69.0 cm³/mol. The monoisotopic (exact) mass is 246 g/mol. The third kappa shape index (κ3) is 3.86.